The number of hydrogen-bond donors (Lipinski definition) is 1. The Labute approximate surface area is 86.8 Å². The molecule has 78 valence electrons. The average Bonchev–Trinajstić information content (AvgIpc) is 2.57. The molecule has 0 saturated heterocycles. The van der Waals surface area contributed by atoms with Gasteiger partial charge in [0.1, 0.15) is 0 Å². The van der Waals surface area contributed by atoms with E-state index in [-0.39, 0.29) is 12.0 Å². The minimum atomic E-state index is 0.0209. The fourth-order valence-corrected chi connectivity index (χ4v) is 2.16. The Balaban J connectivity index is 2.94. The normalized spacial score (nSPS) is 20.3. The van der Waals surface area contributed by atoms with Gasteiger partial charge in [-0.15, -0.1) is 0 Å². The van der Waals surface area contributed by atoms with Gasteiger partial charge in [-0.05, 0) is 29.9 Å². The molecule has 0 aromatic carbocycles. The van der Waals surface area contributed by atoms with Crippen LogP contribution >= 0.6 is 0 Å². The van der Waals surface area contributed by atoms with Crippen LogP contribution in [0.25, 0.3) is 0 Å². The molecule has 1 N–H and O–H groups in total. The van der Waals surface area contributed by atoms with E-state index in [2.05, 4.69) is 27.0 Å². The van der Waals surface area contributed by atoms with Crippen molar-refractivity contribution < 1.29 is 5.11 Å². The van der Waals surface area contributed by atoms with E-state index < -0.39 is 0 Å². The van der Waals surface area contributed by atoms with E-state index in [4.69, 9.17) is 0 Å². The Kier molecular flexibility index (Phi) is 3.33. The molecular weight excluding hydrogens is 172 g/mol. The second-order valence-electron chi connectivity index (χ2n) is 4.49. The summed E-state index contributed by atoms with van der Waals surface area (Å²) in [4.78, 5) is 0. The van der Waals surface area contributed by atoms with Gasteiger partial charge >= 0.3 is 0 Å². The summed E-state index contributed by atoms with van der Waals surface area (Å²) in [5, 5.41) is 9.52. The quantitative estimate of drug-likeness (QED) is 0.725. The Hall–Kier alpha value is -0.820. The first-order valence-electron chi connectivity index (χ1n) is 5.17. The maximum Gasteiger partial charge on any atom is 0.0496 e. The molecule has 14 heavy (non-hydrogen) atoms. The van der Waals surface area contributed by atoms with Gasteiger partial charge in [0.05, 0.1) is 0 Å². The molecule has 0 atom stereocenters. The lowest BCUT2D eigenvalue weighted by Crippen LogP contribution is -2.28. The third-order valence-corrected chi connectivity index (χ3v) is 3.53. The van der Waals surface area contributed by atoms with Crippen molar-refractivity contribution in [2.45, 2.75) is 26.7 Å². The van der Waals surface area contributed by atoms with Crippen LogP contribution in [-0.2, 0) is 0 Å². The first kappa shape index (κ1) is 11.3. The van der Waals surface area contributed by atoms with Crippen molar-refractivity contribution in [3.63, 3.8) is 0 Å². The maximum atomic E-state index is 9.52. The summed E-state index contributed by atoms with van der Waals surface area (Å²) < 4.78 is 0. The highest BCUT2D eigenvalue weighted by Crippen LogP contribution is 2.47. The molecule has 0 radical (unpaired) electrons. The van der Waals surface area contributed by atoms with E-state index in [0.717, 1.165) is 12.8 Å². The van der Waals surface area contributed by atoms with Gasteiger partial charge in [-0.1, -0.05) is 39.2 Å². The van der Waals surface area contributed by atoms with Crippen LogP contribution in [0, 0.1) is 11.3 Å². The van der Waals surface area contributed by atoms with Crippen molar-refractivity contribution in [3.8, 4) is 0 Å². The van der Waals surface area contributed by atoms with Gasteiger partial charge in [-0.3, -0.25) is 0 Å². The highest BCUT2D eigenvalue weighted by Gasteiger charge is 2.39. The van der Waals surface area contributed by atoms with Gasteiger partial charge in [-0.2, -0.15) is 0 Å². The predicted octanol–water partition coefficient (Wildman–Crippen LogP) is 3.08. The molecule has 0 unspecified atom stereocenters. The monoisotopic (exact) mass is 192 g/mol. The molecule has 0 aromatic rings. The smallest absolute Gasteiger partial charge is 0.0496 e. The van der Waals surface area contributed by atoms with Crippen LogP contribution in [-0.4, -0.2) is 11.7 Å². The van der Waals surface area contributed by atoms with Gasteiger partial charge in [-0.25, -0.2) is 0 Å². The molecule has 0 fully saturated rings. The largest absolute Gasteiger partial charge is 0.396 e. The number of aliphatic hydroxyl groups excluding tert-OH is 1. The van der Waals surface area contributed by atoms with E-state index in [0.29, 0.717) is 5.92 Å². The van der Waals surface area contributed by atoms with Gasteiger partial charge < -0.3 is 5.11 Å². The zero-order valence-electron chi connectivity index (χ0n) is 9.21. The summed E-state index contributed by atoms with van der Waals surface area (Å²) in [6, 6.07) is 0. The summed E-state index contributed by atoms with van der Waals surface area (Å²) in [6.07, 6.45) is 5.67. The highest BCUT2D eigenvalue weighted by molar-refractivity contribution is 5.38. The molecular formula is C13H20O. The predicted molar refractivity (Wildman–Crippen MR) is 61.0 cm³/mol. The fourth-order valence-electron chi connectivity index (χ4n) is 2.16. The summed E-state index contributed by atoms with van der Waals surface area (Å²) in [5.74, 6) is 0.486. The number of rotatable bonds is 4. The lowest BCUT2D eigenvalue weighted by Gasteiger charge is -2.31. The minimum Gasteiger partial charge on any atom is -0.396 e. The number of aliphatic hydroxyl groups is 1. The summed E-state index contributed by atoms with van der Waals surface area (Å²) >= 11 is 0. The van der Waals surface area contributed by atoms with Gasteiger partial charge in [0, 0.05) is 12.0 Å². The van der Waals surface area contributed by atoms with Crippen LogP contribution in [0.15, 0.2) is 36.5 Å². The molecule has 0 heterocycles. The minimum absolute atomic E-state index is 0.0209. The van der Waals surface area contributed by atoms with E-state index >= 15 is 0 Å². The van der Waals surface area contributed by atoms with Crippen molar-refractivity contribution in [1.82, 2.24) is 0 Å². The summed E-state index contributed by atoms with van der Waals surface area (Å²) in [5.41, 5.74) is 2.53. The Morgan fingerprint density at radius 1 is 1.29 bits per heavy atom. The fraction of sp³-hybridized carbons (Fsp3) is 0.538. The van der Waals surface area contributed by atoms with E-state index in [1.54, 1.807) is 0 Å². The van der Waals surface area contributed by atoms with Crippen LogP contribution < -0.4 is 0 Å². The van der Waals surface area contributed by atoms with Crippen LogP contribution in [0.2, 0.25) is 0 Å². The topological polar surface area (TPSA) is 20.2 Å². The average molecular weight is 192 g/mol. The van der Waals surface area contributed by atoms with Gasteiger partial charge in [0.15, 0.2) is 0 Å². The molecule has 1 aliphatic carbocycles. The van der Waals surface area contributed by atoms with Gasteiger partial charge in [0.2, 0.25) is 0 Å². The first-order valence-corrected chi connectivity index (χ1v) is 5.17. The van der Waals surface area contributed by atoms with Crippen molar-refractivity contribution in [3.05, 3.63) is 36.5 Å². The van der Waals surface area contributed by atoms with Crippen molar-refractivity contribution in [2.24, 2.45) is 11.3 Å². The van der Waals surface area contributed by atoms with Gasteiger partial charge in [0.25, 0.3) is 0 Å². The van der Waals surface area contributed by atoms with E-state index in [1.807, 2.05) is 12.2 Å². The van der Waals surface area contributed by atoms with Crippen LogP contribution in [0.3, 0.4) is 0 Å². The molecule has 0 aliphatic heterocycles. The second-order valence-corrected chi connectivity index (χ2v) is 4.49. The Morgan fingerprint density at radius 2 is 1.71 bits per heavy atom. The van der Waals surface area contributed by atoms with E-state index in [9.17, 15) is 5.11 Å². The molecule has 0 spiro atoms. The molecule has 1 heteroatoms. The third kappa shape index (κ3) is 1.69. The van der Waals surface area contributed by atoms with Crippen molar-refractivity contribution >= 4 is 0 Å². The molecule has 1 nitrogen and oxygen atoms in total. The third-order valence-electron chi connectivity index (χ3n) is 3.53. The molecule has 0 amide bonds. The van der Waals surface area contributed by atoms with E-state index in [1.165, 1.54) is 11.1 Å². The molecule has 1 aliphatic rings. The lowest BCUT2D eigenvalue weighted by atomic mass is 9.74. The standard InChI is InChI=1S/C13H20O/c1-5-11-7-13(9-14,10(3)4)8-12(11)6-2/h5-6,10,14H,1-2,7-9H2,3-4H3. The number of allylic oxidation sites excluding steroid dienone is 4. The molecule has 0 aromatic heterocycles. The second kappa shape index (κ2) is 4.14. The molecule has 0 bridgehead atoms. The maximum absolute atomic E-state index is 9.52. The Morgan fingerprint density at radius 3 is 1.93 bits per heavy atom. The van der Waals surface area contributed by atoms with Crippen molar-refractivity contribution in [2.75, 3.05) is 6.61 Å². The Bertz CT molecular complexity index is 251. The van der Waals surface area contributed by atoms with Crippen LogP contribution in [0.1, 0.15) is 26.7 Å². The molecule has 1 rings (SSSR count). The molecule has 0 saturated carbocycles. The zero-order chi connectivity index (χ0) is 10.8. The van der Waals surface area contributed by atoms with Crippen LogP contribution in [0.4, 0.5) is 0 Å². The zero-order valence-corrected chi connectivity index (χ0v) is 9.21. The number of hydrogen-bond acceptors (Lipinski definition) is 1. The lowest BCUT2D eigenvalue weighted by molar-refractivity contribution is 0.0867. The summed E-state index contributed by atoms with van der Waals surface area (Å²) in [7, 11) is 0. The highest BCUT2D eigenvalue weighted by atomic mass is 16.3. The first-order chi connectivity index (χ1) is 6.59. The SMILES string of the molecule is C=CC1=C(C=C)CC(CO)(C(C)C)C1. The van der Waals surface area contributed by atoms with Crippen molar-refractivity contribution in [1.29, 1.82) is 0 Å². The summed E-state index contributed by atoms with van der Waals surface area (Å²) in [6.45, 7) is 12.2. The van der Waals surface area contributed by atoms with Crippen LogP contribution in [0.5, 0.6) is 0 Å².